The van der Waals surface area contributed by atoms with Crippen LogP contribution in [0.3, 0.4) is 0 Å². The number of urea groups is 1. The number of amides is 3. The second-order valence-electron chi connectivity index (χ2n) is 5.51. The van der Waals surface area contributed by atoms with Crippen molar-refractivity contribution in [3.8, 4) is 5.75 Å². The highest BCUT2D eigenvalue weighted by Crippen LogP contribution is 2.24. The highest BCUT2D eigenvalue weighted by molar-refractivity contribution is 5.96. The molecule has 126 valence electrons. The fourth-order valence-corrected chi connectivity index (χ4v) is 2.51. The molecule has 3 amide bonds. The quantitative estimate of drug-likeness (QED) is 0.725. The first-order chi connectivity index (χ1) is 11.1. The van der Waals surface area contributed by atoms with Gasteiger partial charge in [-0.25, -0.2) is 4.79 Å². The van der Waals surface area contributed by atoms with Gasteiger partial charge >= 0.3 is 6.03 Å². The molecule has 1 aromatic carbocycles. The van der Waals surface area contributed by atoms with E-state index in [2.05, 4.69) is 10.6 Å². The molecule has 1 heterocycles. The first-order valence-corrected chi connectivity index (χ1v) is 7.69. The third kappa shape index (κ3) is 4.35. The molecular formula is C16H23N3O4. The van der Waals surface area contributed by atoms with Crippen LogP contribution in [0.5, 0.6) is 5.75 Å². The van der Waals surface area contributed by atoms with E-state index in [9.17, 15) is 9.59 Å². The Hall–Kier alpha value is -2.28. The zero-order valence-corrected chi connectivity index (χ0v) is 13.4. The van der Waals surface area contributed by atoms with E-state index >= 15 is 0 Å². The number of anilines is 1. The van der Waals surface area contributed by atoms with Gasteiger partial charge < -0.3 is 25.4 Å². The number of hydrogen-bond donors (Lipinski definition) is 3. The summed E-state index contributed by atoms with van der Waals surface area (Å²) in [6.07, 6.45) is 0.904. The molecule has 1 aromatic rings. The van der Waals surface area contributed by atoms with Crippen molar-refractivity contribution >= 4 is 17.6 Å². The number of benzene rings is 1. The van der Waals surface area contributed by atoms with E-state index in [0.717, 1.165) is 11.4 Å². The summed E-state index contributed by atoms with van der Waals surface area (Å²) in [7, 11) is 1.59. The van der Waals surface area contributed by atoms with Gasteiger partial charge in [-0.05, 0) is 30.7 Å². The first kappa shape index (κ1) is 17.1. The van der Waals surface area contributed by atoms with Gasteiger partial charge in [0.1, 0.15) is 5.75 Å². The smallest absolute Gasteiger partial charge is 0.315 e. The van der Waals surface area contributed by atoms with Crippen molar-refractivity contribution in [2.45, 2.75) is 31.8 Å². The van der Waals surface area contributed by atoms with Crippen LogP contribution in [0.15, 0.2) is 24.3 Å². The summed E-state index contributed by atoms with van der Waals surface area (Å²) < 4.78 is 5.10. The molecule has 2 rings (SSSR count). The van der Waals surface area contributed by atoms with Crippen molar-refractivity contribution in [2.24, 2.45) is 0 Å². The molecule has 1 saturated heterocycles. The maximum atomic E-state index is 12.1. The number of aliphatic hydroxyl groups is 1. The predicted molar refractivity (Wildman–Crippen MR) is 86.6 cm³/mol. The van der Waals surface area contributed by atoms with Crippen LogP contribution in [0.2, 0.25) is 0 Å². The summed E-state index contributed by atoms with van der Waals surface area (Å²) in [5, 5.41) is 14.6. The van der Waals surface area contributed by atoms with Crippen molar-refractivity contribution in [1.29, 1.82) is 0 Å². The molecule has 2 atom stereocenters. The molecule has 23 heavy (non-hydrogen) atoms. The van der Waals surface area contributed by atoms with Gasteiger partial charge in [0.2, 0.25) is 5.91 Å². The Kier molecular flexibility index (Phi) is 5.81. The van der Waals surface area contributed by atoms with Crippen molar-refractivity contribution in [2.75, 3.05) is 25.2 Å². The molecule has 0 aliphatic carbocycles. The molecule has 7 heteroatoms. The fourth-order valence-electron chi connectivity index (χ4n) is 2.51. The van der Waals surface area contributed by atoms with Crippen LogP contribution in [0.1, 0.15) is 19.8 Å². The number of rotatable bonds is 6. The largest absolute Gasteiger partial charge is 0.497 e. The Bertz CT molecular complexity index is 543. The van der Waals surface area contributed by atoms with Crippen molar-refractivity contribution in [1.82, 2.24) is 10.6 Å². The first-order valence-electron chi connectivity index (χ1n) is 7.69. The Morgan fingerprint density at radius 3 is 2.70 bits per heavy atom. The maximum absolute atomic E-state index is 12.1. The summed E-state index contributed by atoms with van der Waals surface area (Å²) in [6, 6.07) is 6.34. The van der Waals surface area contributed by atoms with E-state index in [-0.39, 0.29) is 37.0 Å². The van der Waals surface area contributed by atoms with E-state index in [1.54, 1.807) is 24.1 Å². The molecule has 0 unspecified atom stereocenters. The van der Waals surface area contributed by atoms with Gasteiger partial charge in [0.05, 0.1) is 25.8 Å². The molecule has 0 saturated carbocycles. The predicted octanol–water partition coefficient (Wildman–Crippen LogP) is 0.871. The minimum Gasteiger partial charge on any atom is -0.497 e. The summed E-state index contributed by atoms with van der Waals surface area (Å²) in [5.74, 6) is 0.693. The number of aliphatic hydroxyl groups excluding tert-OH is 1. The van der Waals surface area contributed by atoms with E-state index in [4.69, 9.17) is 9.84 Å². The lowest BCUT2D eigenvalue weighted by Gasteiger charge is -2.19. The zero-order chi connectivity index (χ0) is 16.8. The molecule has 1 fully saturated rings. The minimum absolute atomic E-state index is 0.0327. The third-order valence-corrected chi connectivity index (χ3v) is 3.89. The lowest BCUT2D eigenvalue weighted by molar-refractivity contribution is -0.117. The number of ether oxygens (including phenoxy) is 1. The molecule has 0 radical (unpaired) electrons. The van der Waals surface area contributed by atoms with Crippen LogP contribution in [-0.2, 0) is 4.79 Å². The molecule has 0 spiro atoms. The summed E-state index contributed by atoms with van der Waals surface area (Å²) in [6.45, 7) is 2.20. The summed E-state index contributed by atoms with van der Waals surface area (Å²) >= 11 is 0. The number of carbonyl (C=O) groups is 2. The molecule has 0 aromatic heterocycles. The van der Waals surface area contributed by atoms with Crippen molar-refractivity contribution < 1.29 is 19.4 Å². The Morgan fingerprint density at radius 1 is 1.43 bits per heavy atom. The topological polar surface area (TPSA) is 90.9 Å². The van der Waals surface area contributed by atoms with E-state index < -0.39 is 0 Å². The van der Waals surface area contributed by atoms with Gasteiger partial charge in [-0.1, -0.05) is 6.92 Å². The highest BCUT2D eigenvalue weighted by atomic mass is 16.5. The molecular weight excluding hydrogens is 298 g/mol. The lowest BCUT2D eigenvalue weighted by Crippen LogP contribution is -2.48. The second kappa shape index (κ2) is 7.82. The molecule has 1 aliphatic heterocycles. The van der Waals surface area contributed by atoms with Gasteiger partial charge in [-0.3, -0.25) is 4.79 Å². The maximum Gasteiger partial charge on any atom is 0.315 e. The van der Waals surface area contributed by atoms with Crippen molar-refractivity contribution in [3.63, 3.8) is 0 Å². The van der Waals surface area contributed by atoms with Gasteiger partial charge in [-0.2, -0.15) is 0 Å². The van der Waals surface area contributed by atoms with E-state index in [1.807, 2.05) is 19.1 Å². The normalized spacial score (nSPS) is 18.7. The Morgan fingerprint density at radius 2 is 2.13 bits per heavy atom. The average Bonchev–Trinajstić information content (AvgIpc) is 2.92. The molecule has 1 aliphatic rings. The number of nitrogens with one attached hydrogen (secondary N) is 2. The molecule has 0 bridgehead atoms. The van der Waals surface area contributed by atoms with Crippen molar-refractivity contribution in [3.05, 3.63) is 24.3 Å². The SMILES string of the molecule is CC[C@@H](CO)NC(=O)N[C@H]1CC(=O)N(c2ccc(OC)cc2)C1. The zero-order valence-electron chi connectivity index (χ0n) is 13.4. The third-order valence-electron chi connectivity index (χ3n) is 3.89. The number of nitrogens with zero attached hydrogens (tertiary/aromatic N) is 1. The van der Waals surface area contributed by atoms with Gasteiger partial charge in [0, 0.05) is 18.7 Å². The Labute approximate surface area is 135 Å². The minimum atomic E-state index is -0.361. The van der Waals surface area contributed by atoms with Gasteiger partial charge in [0.25, 0.3) is 0 Å². The average molecular weight is 321 g/mol. The van der Waals surface area contributed by atoms with E-state index in [0.29, 0.717) is 13.0 Å². The Balaban J connectivity index is 1.92. The summed E-state index contributed by atoms with van der Waals surface area (Å²) in [5.41, 5.74) is 0.780. The van der Waals surface area contributed by atoms with Gasteiger partial charge in [-0.15, -0.1) is 0 Å². The van der Waals surface area contributed by atoms with Crippen LogP contribution in [0.4, 0.5) is 10.5 Å². The van der Waals surface area contributed by atoms with Crippen LogP contribution >= 0.6 is 0 Å². The molecule has 7 nitrogen and oxygen atoms in total. The molecule has 3 N–H and O–H groups in total. The van der Waals surface area contributed by atoms with Crippen LogP contribution < -0.4 is 20.3 Å². The lowest BCUT2D eigenvalue weighted by atomic mass is 10.2. The fraction of sp³-hybridized carbons (Fsp3) is 0.500. The summed E-state index contributed by atoms with van der Waals surface area (Å²) in [4.78, 5) is 25.7. The number of methoxy groups -OCH3 is 1. The van der Waals surface area contributed by atoms with Crippen LogP contribution in [-0.4, -0.2) is 49.4 Å². The van der Waals surface area contributed by atoms with E-state index in [1.165, 1.54) is 0 Å². The number of hydrogen-bond acceptors (Lipinski definition) is 4. The number of carbonyl (C=O) groups excluding carboxylic acids is 2. The monoisotopic (exact) mass is 321 g/mol. The van der Waals surface area contributed by atoms with Crippen LogP contribution in [0, 0.1) is 0 Å². The second-order valence-corrected chi connectivity index (χ2v) is 5.51. The highest BCUT2D eigenvalue weighted by Gasteiger charge is 2.31. The van der Waals surface area contributed by atoms with Crippen LogP contribution in [0.25, 0.3) is 0 Å². The van der Waals surface area contributed by atoms with Gasteiger partial charge in [0.15, 0.2) is 0 Å². The standard InChI is InChI=1S/C16H23N3O4/c1-3-11(10-20)17-16(22)18-12-8-15(21)19(9-12)13-4-6-14(23-2)7-5-13/h4-7,11-12,20H,3,8-10H2,1-2H3,(H2,17,18,22)/t11-,12-/m0/s1.